The number of hydrogen-bond donors (Lipinski definition) is 1. The number of hydrogen-bond acceptors (Lipinski definition) is 3. The molecule has 0 radical (unpaired) electrons. The van der Waals surface area contributed by atoms with E-state index in [0.717, 1.165) is 52.3 Å². The zero-order valence-electron chi connectivity index (χ0n) is 14.6. The molecule has 0 heterocycles. The highest BCUT2D eigenvalue weighted by Crippen LogP contribution is 2.36. The summed E-state index contributed by atoms with van der Waals surface area (Å²) in [6.07, 6.45) is 2.16. The van der Waals surface area contributed by atoms with E-state index < -0.39 is 0 Å². The van der Waals surface area contributed by atoms with Gasteiger partial charge in [0.25, 0.3) is 0 Å². The van der Waals surface area contributed by atoms with Gasteiger partial charge in [-0.3, -0.25) is 0 Å². The number of ether oxygens (including phenoxy) is 2. The largest absolute Gasteiger partial charge is 0.496 e. The second-order valence-electron chi connectivity index (χ2n) is 6.12. The molecule has 0 atom stereocenters. The molecular weight excluding hydrogens is 380 g/mol. The Morgan fingerprint density at radius 1 is 1.00 bits per heavy atom. The van der Waals surface area contributed by atoms with Gasteiger partial charge in [-0.2, -0.15) is 0 Å². The van der Waals surface area contributed by atoms with Gasteiger partial charge in [0.1, 0.15) is 11.5 Å². The molecule has 0 aromatic heterocycles. The Balaban J connectivity index is 2.22. The van der Waals surface area contributed by atoms with Gasteiger partial charge in [-0.1, -0.05) is 35.3 Å². The highest BCUT2D eigenvalue weighted by atomic mass is 79.9. The lowest BCUT2D eigenvalue weighted by atomic mass is 9.95. The van der Waals surface area contributed by atoms with Gasteiger partial charge in [0.05, 0.1) is 20.3 Å². The summed E-state index contributed by atoms with van der Waals surface area (Å²) >= 11 is 3.59. The molecule has 0 aliphatic carbocycles. The Labute approximate surface area is 156 Å². The van der Waals surface area contributed by atoms with Crippen LogP contribution in [0.25, 0.3) is 21.5 Å². The third-order valence-electron chi connectivity index (χ3n) is 4.49. The molecule has 3 nitrogen and oxygen atoms in total. The lowest BCUT2D eigenvalue weighted by Gasteiger charge is -2.14. The molecule has 0 saturated carbocycles. The Kier molecular flexibility index (Phi) is 5.82. The van der Waals surface area contributed by atoms with E-state index in [1.54, 1.807) is 7.11 Å². The fraction of sp³-hybridized carbons (Fsp3) is 0.333. The third kappa shape index (κ3) is 3.60. The number of alkyl halides is 1. The Hall–Kier alpha value is -1.78. The number of unbranched alkanes of at least 4 members (excludes halogenated alkanes) is 1. The van der Waals surface area contributed by atoms with Crippen molar-refractivity contribution in [2.45, 2.75) is 31.7 Å². The number of aliphatic hydroxyl groups excluding tert-OH is 1. The van der Waals surface area contributed by atoms with Gasteiger partial charge in [-0.05, 0) is 63.9 Å². The maximum Gasteiger partial charge on any atom is 0.125 e. The van der Waals surface area contributed by atoms with Crippen molar-refractivity contribution in [1.29, 1.82) is 0 Å². The second-order valence-corrected chi connectivity index (χ2v) is 6.68. The molecule has 3 rings (SSSR count). The van der Waals surface area contributed by atoms with Gasteiger partial charge in [0.2, 0.25) is 0 Å². The van der Waals surface area contributed by atoms with Crippen molar-refractivity contribution >= 4 is 37.5 Å². The molecule has 3 aromatic rings. The summed E-state index contributed by atoms with van der Waals surface area (Å²) < 4.78 is 11.3. The predicted octanol–water partition coefficient (Wildman–Crippen LogP) is 5.57. The molecule has 0 saturated heterocycles. The molecule has 0 unspecified atom stereocenters. The topological polar surface area (TPSA) is 38.7 Å². The van der Waals surface area contributed by atoms with Crippen LogP contribution in [0, 0.1) is 0 Å². The number of halogens is 1. The standard InChI is InChI=1S/C21H23BrO3/c1-3-4-7-25-17-6-5-14-8-15(12-22)19-11-21(24-2)16(13-23)9-20(19)18(14)10-17/h5-6,8-11,23H,3-4,7,12-13H2,1-2H3. The molecule has 0 aliphatic heterocycles. The summed E-state index contributed by atoms with van der Waals surface area (Å²) in [5.41, 5.74) is 1.99. The average molecular weight is 403 g/mol. The maximum atomic E-state index is 9.69. The van der Waals surface area contributed by atoms with Gasteiger partial charge < -0.3 is 14.6 Å². The average Bonchev–Trinajstić information content (AvgIpc) is 2.66. The summed E-state index contributed by atoms with van der Waals surface area (Å²) in [5, 5.41) is 15.0. The third-order valence-corrected chi connectivity index (χ3v) is 5.10. The van der Waals surface area contributed by atoms with E-state index in [4.69, 9.17) is 9.47 Å². The quantitative estimate of drug-likeness (QED) is 0.319. The van der Waals surface area contributed by atoms with Crippen LogP contribution in [-0.4, -0.2) is 18.8 Å². The van der Waals surface area contributed by atoms with E-state index in [-0.39, 0.29) is 6.61 Å². The summed E-state index contributed by atoms with van der Waals surface area (Å²) in [6, 6.07) is 12.5. The van der Waals surface area contributed by atoms with Crippen LogP contribution in [0.15, 0.2) is 36.4 Å². The van der Waals surface area contributed by atoms with Gasteiger partial charge >= 0.3 is 0 Å². The van der Waals surface area contributed by atoms with E-state index >= 15 is 0 Å². The fourth-order valence-corrected chi connectivity index (χ4v) is 3.59. The van der Waals surface area contributed by atoms with Crippen LogP contribution in [0.3, 0.4) is 0 Å². The zero-order chi connectivity index (χ0) is 17.8. The highest BCUT2D eigenvalue weighted by Gasteiger charge is 2.12. The maximum absolute atomic E-state index is 9.69. The van der Waals surface area contributed by atoms with Crippen LogP contribution in [0.1, 0.15) is 30.9 Å². The van der Waals surface area contributed by atoms with E-state index in [0.29, 0.717) is 5.75 Å². The normalized spacial score (nSPS) is 11.2. The van der Waals surface area contributed by atoms with Crippen molar-refractivity contribution in [2.75, 3.05) is 13.7 Å². The summed E-state index contributed by atoms with van der Waals surface area (Å²) in [5.74, 6) is 1.60. The van der Waals surface area contributed by atoms with Crippen LogP contribution in [-0.2, 0) is 11.9 Å². The van der Waals surface area contributed by atoms with Crippen molar-refractivity contribution in [1.82, 2.24) is 0 Å². The number of rotatable bonds is 7. The van der Waals surface area contributed by atoms with E-state index in [1.165, 1.54) is 10.9 Å². The molecule has 0 fully saturated rings. The first-order valence-corrected chi connectivity index (χ1v) is 9.69. The second kappa shape index (κ2) is 8.07. The van der Waals surface area contributed by atoms with Crippen LogP contribution in [0.2, 0.25) is 0 Å². The number of fused-ring (bicyclic) bond motifs is 3. The van der Waals surface area contributed by atoms with Gasteiger partial charge in [-0.15, -0.1) is 0 Å². The molecule has 1 N–H and O–H groups in total. The number of aliphatic hydroxyl groups is 1. The lowest BCUT2D eigenvalue weighted by Crippen LogP contribution is -1.97. The predicted molar refractivity (Wildman–Crippen MR) is 107 cm³/mol. The van der Waals surface area contributed by atoms with Crippen molar-refractivity contribution in [3.05, 3.63) is 47.5 Å². The van der Waals surface area contributed by atoms with Gasteiger partial charge in [-0.25, -0.2) is 0 Å². The molecular formula is C21H23BrO3. The van der Waals surface area contributed by atoms with Crippen molar-refractivity contribution in [3.63, 3.8) is 0 Å². The molecule has 0 bridgehead atoms. The van der Waals surface area contributed by atoms with E-state index in [9.17, 15) is 5.11 Å². The van der Waals surface area contributed by atoms with Crippen molar-refractivity contribution in [2.24, 2.45) is 0 Å². The molecule has 0 aliphatic rings. The smallest absolute Gasteiger partial charge is 0.125 e. The van der Waals surface area contributed by atoms with Crippen molar-refractivity contribution in [3.8, 4) is 11.5 Å². The summed E-state index contributed by atoms with van der Waals surface area (Å²) in [6.45, 7) is 2.84. The van der Waals surface area contributed by atoms with Crippen LogP contribution in [0.5, 0.6) is 11.5 Å². The van der Waals surface area contributed by atoms with Crippen LogP contribution < -0.4 is 9.47 Å². The SMILES string of the molecule is CCCCOc1ccc2cc(CBr)c3cc(OC)c(CO)cc3c2c1. The minimum atomic E-state index is -0.0498. The minimum absolute atomic E-state index is 0.0498. The van der Waals surface area contributed by atoms with Crippen LogP contribution in [0.4, 0.5) is 0 Å². The highest BCUT2D eigenvalue weighted by molar-refractivity contribution is 9.08. The van der Waals surface area contributed by atoms with E-state index in [1.807, 2.05) is 18.2 Å². The Morgan fingerprint density at radius 3 is 2.52 bits per heavy atom. The minimum Gasteiger partial charge on any atom is -0.496 e. The summed E-state index contributed by atoms with van der Waals surface area (Å²) in [7, 11) is 1.63. The van der Waals surface area contributed by atoms with Crippen LogP contribution >= 0.6 is 15.9 Å². The Bertz CT molecular complexity index is 889. The molecule has 0 amide bonds. The van der Waals surface area contributed by atoms with Gasteiger partial charge in [0, 0.05) is 10.9 Å². The van der Waals surface area contributed by atoms with Gasteiger partial charge in [0.15, 0.2) is 0 Å². The first-order chi connectivity index (χ1) is 12.2. The first-order valence-electron chi connectivity index (χ1n) is 8.57. The lowest BCUT2D eigenvalue weighted by molar-refractivity contribution is 0.274. The zero-order valence-corrected chi connectivity index (χ0v) is 16.2. The molecule has 0 spiro atoms. The van der Waals surface area contributed by atoms with Crippen molar-refractivity contribution < 1.29 is 14.6 Å². The Morgan fingerprint density at radius 2 is 1.84 bits per heavy atom. The first kappa shape index (κ1) is 18.0. The fourth-order valence-electron chi connectivity index (χ4n) is 3.12. The monoisotopic (exact) mass is 402 g/mol. The molecule has 4 heteroatoms. The number of benzene rings is 3. The molecule has 25 heavy (non-hydrogen) atoms. The molecule has 3 aromatic carbocycles. The summed E-state index contributed by atoms with van der Waals surface area (Å²) in [4.78, 5) is 0. The number of methoxy groups -OCH3 is 1. The molecule has 132 valence electrons. The van der Waals surface area contributed by atoms with E-state index in [2.05, 4.69) is 41.1 Å².